The van der Waals surface area contributed by atoms with Gasteiger partial charge >= 0.3 is 5.97 Å². The lowest BCUT2D eigenvalue weighted by molar-refractivity contribution is -0.129. The summed E-state index contributed by atoms with van der Waals surface area (Å²) in [6.07, 6.45) is 0.149. The molecule has 2 aromatic carbocycles. The standard InChI is InChI=1S/C24H23N3O5S/c1-3-32-24(30)15-4-7-17(8-5-15)26-13-27-22(29)11-18(19(12-25)23(27)33-14-26)16-6-9-20(28)21(10-16)31-2/h4-10,18,28H,3,11,13-14H2,1-2H3/t18-/m1/s1. The predicted molar refractivity (Wildman–Crippen MR) is 124 cm³/mol. The molecule has 33 heavy (non-hydrogen) atoms. The number of rotatable bonds is 5. The van der Waals surface area contributed by atoms with Gasteiger partial charge in [-0.2, -0.15) is 5.26 Å². The van der Waals surface area contributed by atoms with Crippen LogP contribution in [0.25, 0.3) is 0 Å². The molecule has 1 fully saturated rings. The molecule has 0 bridgehead atoms. The largest absolute Gasteiger partial charge is 0.504 e. The van der Waals surface area contributed by atoms with Crippen molar-refractivity contribution in [2.45, 2.75) is 19.3 Å². The van der Waals surface area contributed by atoms with Gasteiger partial charge in [0.05, 0.1) is 48.5 Å². The molecule has 0 aromatic heterocycles. The van der Waals surface area contributed by atoms with E-state index in [1.165, 1.54) is 24.9 Å². The number of fused-ring (bicyclic) bond motifs is 1. The molecule has 2 heterocycles. The minimum absolute atomic E-state index is 0.00725. The van der Waals surface area contributed by atoms with Crippen LogP contribution in [-0.2, 0) is 9.53 Å². The number of carbonyl (C=O) groups is 2. The number of phenols is 1. The van der Waals surface area contributed by atoms with E-state index in [0.29, 0.717) is 41.1 Å². The van der Waals surface area contributed by atoms with Gasteiger partial charge in [0.15, 0.2) is 11.5 Å². The number of nitrogens with zero attached hydrogens (tertiary/aromatic N) is 3. The number of esters is 1. The van der Waals surface area contributed by atoms with Crippen molar-refractivity contribution in [3.63, 3.8) is 0 Å². The highest BCUT2D eigenvalue weighted by Crippen LogP contribution is 2.44. The molecule has 9 heteroatoms. The number of hydrogen-bond donors (Lipinski definition) is 1. The van der Waals surface area contributed by atoms with E-state index in [4.69, 9.17) is 9.47 Å². The third-order valence-electron chi connectivity index (χ3n) is 5.64. The van der Waals surface area contributed by atoms with E-state index < -0.39 is 5.92 Å². The molecule has 0 saturated carbocycles. The quantitative estimate of drug-likeness (QED) is 0.665. The molecule has 0 radical (unpaired) electrons. The number of methoxy groups -OCH3 is 1. The average Bonchev–Trinajstić information content (AvgIpc) is 2.84. The maximum atomic E-state index is 13.1. The fourth-order valence-electron chi connectivity index (χ4n) is 3.94. The Kier molecular flexibility index (Phi) is 6.47. The van der Waals surface area contributed by atoms with Crippen molar-refractivity contribution in [1.29, 1.82) is 5.26 Å². The van der Waals surface area contributed by atoms with Crippen molar-refractivity contribution < 1.29 is 24.2 Å². The van der Waals surface area contributed by atoms with E-state index in [1.807, 2.05) is 17.0 Å². The fraction of sp³-hybridized carbons (Fsp3) is 0.292. The lowest BCUT2D eigenvalue weighted by atomic mass is 9.86. The molecule has 0 spiro atoms. The number of allylic oxidation sites excluding steroid dienone is 1. The van der Waals surface area contributed by atoms with Crippen LogP contribution in [0.3, 0.4) is 0 Å². The number of hydrogen-bond acceptors (Lipinski definition) is 8. The van der Waals surface area contributed by atoms with E-state index in [0.717, 1.165) is 11.3 Å². The lowest BCUT2D eigenvalue weighted by Gasteiger charge is -2.42. The molecule has 4 rings (SSSR count). The van der Waals surface area contributed by atoms with Crippen LogP contribution in [-0.4, -0.2) is 48.1 Å². The second-order valence-corrected chi connectivity index (χ2v) is 8.50. The summed E-state index contributed by atoms with van der Waals surface area (Å²) in [5.74, 6) is 0.0112. The minimum atomic E-state index is -0.397. The zero-order valence-electron chi connectivity index (χ0n) is 18.3. The molecule has 1 atom stereocenters. The lowest BCUT2D eigenvalue weighted by Crippen LogP contribution is -2.47. The molecule has 170 valence electrons. The van der Waals surface area contributed by atoms with Gasteiger partial charge in [-0.15, -0.1) is 0 Å². The highest BCUT2D eigenvalue weighted by Gasteiger charge is 2.38. The Hall–Kier alpha value is -3.64. The maximum absolute atomic E-state index is 13.1. The Labute approximate surface area is 196 Å². The Morgan fingerprint density at radius 3 is 2.70 bits per heavy atom. The number of phenolic OH excluding ortho intramolecular Hbond substituents is 1. The van der Waals surface area contributed by atoms with Gasteiger partial charge in [0.1, 0.15) is 0 Å². The van der Waals surface area contributed by atoms with E-state index >= 15 is 0 Å². The number of amides is 1. The topological polar surface area (TPSA) is 103 Å². The van der Waals surface area contributed by atoms with Gasteiger partial charge in [0, 0.05) is 18.0 Å². The molecule has 1 saturated heterocycles. The van der Waals surface area contributed by atoms with E-state index in [-0.39, 0.29) is 24.0 Å². The molecule has 2 aliphatic rings. The summed E-state index contributed by atoms with van der Waals surface area (Å²) in [6.45, 7) is 2.39. The van der Waals surface area contributed by atoms with Gasteiger partial charge in [-0.25, -0.2) is 4.79 Å². The molecule has 1 N–H and O–H groups in total. The SMILES string of the molecule is CCOC(=O)c1ccc(N2CSC3=C(C#N)[C@@H](c4ccc(O)c(OC)c4)CC(=O)N3C2)cc1. The first-order chi connectivity index (χ1) is 16.0. The number of ether oxygens (including phenoxy) is 2. The Morgan fingerprint density at radius 2 is 2.03 bits per heavy atom. The van der Waals surface area contributed by atoms with Gasteiger partial charge in [-0.05, 0) is 48.9 Å². The summed E-state index contributed by atoms with van der Waals surface area (Å²) in [4.78, 5) is 28.6. The summed E-state index contributed by atoms with van der Waals surface area (Å²) in [5.41, 5.74) is 2.62. The Balaban J connectivity index is 1.58. The molecule has 8 nitrogen and oxygen atoms in total. The van der Waals surface area contributed by atoms with Crippen LogP contribution in [0.15, 0.2) is 53.1 Å². The molecular weight excluding hydrogens is 442 g/mol. The number of nitriles is 1. The summed E-state index contributed by atoms with van der Waals surface area (Å²) < 4.78 is 10.2. The number of benzene rings is 2. The van der Waals surface area contributed by atoms with Crippen LogP contribution < -0.4 is 9.64 Å². The maximum Gasteiger partial charge on any atom is 0.338 e. The van der Waals surface area contributed by atoms with Crippen molar-refractivity contribution in [3.8, 4) is 17.6 Å². The molecule has 1 amide bonds. The number of carbonyl (C=O) groups excluding carboxylic acids is 2. The van der Waals surface area contributed by atoms with Crippen LogP contribution in [0.4, 0.5) is 5.69 Å². The second-order valence-electron chi connectivity index (χ2n) is 7.56. The predicted octanol–water partition coefficient (Wildman–Crippen LogP) is 3.80. The molecule has 0 unspecified atom stereocenters. The zero-order valence-corrected chi connectivity index (χ0v) is 19.1. The van der Waals surface area contributed by atoms with E-state index in [9.17, 15) is 20.0 Å². The molecule has 2 aliphatic heterocycles. The van der Waals surface area contributed by atoms with Gasteiger partial charge in [0.2, 0.25) is 5.91 Å². The third-order valence-corrected chi connectivity index (χ3v) is 6.80. The average molecular weight is 466 g/mol. The summed E-state index contributed by atoms with van der Waals surface area (Å²) in [6, 6.07) is 14.3. The number of thioether (sulfide) groups is 1. The Morgan fingerprint density at radius 1 is 1.27 bits per heavy atom. The van der Waals surface area contributed by atoms with Crippen molar-refractivity contribution in [2.75, 3.05) is 31.2 Å². The van der Waals surface area contributed by atoms with Gasteiger partial charge < -0.3 is 19.5 Å². The number of aromatic hydroxyl groups is 1. The highest BCUT2D eigenvalue weighted by molar-refractivity contribution is 8.03. The monoisotopic (exact) mass is 465 g/mol. The van der Waals surface area contributed by atoms with Crippen LogP contribution in [0.1, 0.15) is 35.2 Å². The molecular formula is C24H23N3O5S. The van der Waals surface area contributed by atoms with E-state index in [2.05, 4.69) is 6.07 Å². The van der Waals surface area contributed by atoms with Crippen molar-refractivity contribution in [2.24, 2.45) is 0 Å². The first-order valence-electron chi connectivity index (χ1n) is 10.4. The number of anilines is 1. The zero-order chi connectivity index (χ0) is 23.5. The molecule has 2 aromatic rings. The molecule has 0 aliphatic carbocycles. The Bertz CT molecular complexity index is 1160. The minimum Gasteiger partial charge on any atom is -0.504 e. The highest BCUT2D eigenvalue weighted by atomic mass is 32.2. The smallest absolute Gasteiger partial charge is 0.338 e. The van der Waals surface area contributed by atoms with E-state index in [1.54, 1.807) is 36.1 Å². The fourth-order valence-corrected chi connectivity index (χ4v) is 5.11. The summed E-state index contributed by atoms with van der Waals surface area (Å²) in [5, 5.41) is 20.5. The normalized spacial score (nSPS) is 18.0. The first-order valence-corrected chi connectivity index (χ1v) is 11.4. The van der Waals surface area contributed by atoms with Gasteiger partial charge in [0.25, 0.3) is 0 Å². The van der Waals surface area contributed by atoms with Crippen LogP contribution in [0, 0.1) is 11.3 Å². The van der Waals surface area contributed by atoms with Gasteiger partial charge in [-0.1, -0.05) is 17.8 Å². The third kappa shape index (κ3) is 4.34. The van der Waals surface area contributed by atoms with Gasteiger partial charge in [-0.3, -0.25) is 9.69 Å². The first kappa shape index (κ1) is 22.6. The van der Waals surface area contributed by atoms with Crippen LogP contribution in [0.5, 0.6) is 11.5 Å². The second kappa shape index (κ2) is 9.46. The summed E-state index contributed by atoms with van der Waals surface area (Å²) in [7, 11) is 1.46. The van der Waals surface area contributed by atoms with Crippen molar-refractivity contribution in [3.05, 3.63) is 64.2 Å². The van der Waals surface area contributed by atoms with Crippen LogP contribution in [0.2, 0.25) is 0 Å². The summed E-state index contributed by atoms with van der Waals surface area (Å²) >= 11 is 1.43. The van der Waals surface area contributed by atoms with Crippen molar-refractivity contribution in [1.82, 2.24) is 4.90 Å². The van der Waals surface area contributed by atoms with Crippen molar-refractivity contribution >= 4 is 29.3 Å². The van der Waals surface area contributed by atoms with Crippen LogP contribution >= 0.6 is 11.8 Å².